The normalized spacial score (nSPS) is 16.7. The molecule has 0 aliphatic carbocycles. The van der Waals surface area contributed by atoms with E-state index < -0.39 is 42.0 Å². The van der Waals surface area contributed by atoms with Gasteiger partial charge in [0.1, 0.15) is 17.6 Å². The van der Waals surface area contributed by atoms with Crippen molar-refractivity contribution < 1.29 is 37.4 Å². The minimum atomic E-state index is -5.08. The number of hydrogen-bond acceptors (Lipinski definition) is 6. The molecule has 1 aliphatic heterocycles. The Bertz CT molecular complexity index is 1820. The Morgan fingerprint density at radius 2 is 1.83 bits per heavy atom. The van der Waals surface area contributed by atoms with E-state index in [-0.39, 0.29) is 28.8 Å². The number of phenols is 1. The molecule has 0 spiro atoms. The van der Waals surface area contributed by atoms with Crippen molar-refractivity contribution in [3.8, 4) is 11.4 Å². The van der Waals surface area contributed by atoms with E-state index in [0.717, 1.165) is 18.2 Å². The second kappa shape index (κ2) is 12.5. The summed E-state index contributed by atoms with van der Waals surface area (Å²) in [6.45, 7) is 4.07. The lowest BCUT2D eigenvalue weighted by Crippen LogP contribution is -2.53. The molecule has 1 saturated heterocycles. The molecule has 1 unspecified atom stereocenters. The van der Waals surface area contributed by atoms with Crippen LogP contribution in [0, 0.1) is 12.7 Å². The highest BCUT2D eigenvalue weighted by molar-refractivity contribution is 5.99. The summed E-state index contributed by atoms with van der Waals surface area (Å²) in [4.78, 5) is 27.3. The maximum absolute atomic E-state index is 14.5. The fourth-order valence-electron chi connectivity index (χ4n) is 6.39. The Morgan fingerprint density at radius 3 is 2.53 bits per heavy atom. The van der Waals surface area contributed by atoms with Crippen molar-refractivity contribution in [2.75, 3.05) is 25.5 Å². The number of aromatic nitrogens is 2. The van der Waals surface area contributed by atoms with Crippen LogP contribution in [0.15, 0.2) is 60.8 Å². The minimum Gasteiger partial charge on any atom is -0.508 e. The summed E-state index contributed by atoms with van der Waals surface area (Å²) in [5, 5.41) is 31.7. The SMILES string of the molecule is CNC(=O)[C@H]1CCCN1C(=O)c1cccc(-n2ncc3c(NCC(O)(CC(C)(C)c4cc(F)ccc4O)C(F)(F)F)cc(C)cc32)c1. The number of hydrogen-bond donors (Lipinski definition) is 4. The van der Waals surface area contributed by atoms with E-state index in [1.807, 2.05) is 0 Å². The molecule has 250 valence electrons. The predicted molar refractivity (Wildman–Crippen MR) is 169 cm³/mol. The second-order valence-electron chi connectivity index (χ2n) is 12.7. The fourth-order valence-corrected chi connectivity index (χ4v) is 6.39. The first-order valence-electron chi connectivity index (χ1n) is 15.2. The predicted octanol–water partition coefficient (Wildman–Crippen LogP) is 5.60. The zero-order valence-corrected chi connectivity index (χ0v) is 26.5. The molecular weight excluding hydrogens is 618 g/mol. The summed E-state index contributed by atoms with van der Waals surface area (Å²) < 4.78 is 58.9. The number of alkyl halides is 3. The number of phenolic OH excluding ortho intramolecular Hbond substituents is 1. The number of carbonyl (C=O) groups excluding carboxylic acids is 2. The lowest BCUT2D eigenvalue weighted by atomic mass is 9.74. The third-order valence-electron chi connectivity index (χ3n) is 8.75. The summed E-state index contributed by atoms with van der Waals surface area (Å²) in [5.41, 5.74) is -2.38. The van der Waals surface area contributed by atoms with Crippen molar-refractivity contribution in [2.24, 2.45) is 0 Å². The molecule has 0 bridgehead atoms. The number of aromatic hydroxyl groups is 1. The smallest absolute Gasteiger partial charge is 0.418 e. The maximum Gasteiger partial charge on any atom is 0.418 e. The molecule has 4 N–H and O–H groups in total. The van der Waals surface area contributed by atoms with Crippen LogP contribution in [0.25, 0.3) is 16.6 Å². The molecule has 3 aromatic carbocycles. The highest BCUT2D eigenvalue weighted by Gasteiger charge is 2.56. The Balaban J connectivity index is 1.44. The molecule has 2 amide bonds. The molecule has 2 heterocycles. The summed E-state index contributed by atoms with van der Waals surface area (Å²) in [7, 11) is 1.53. The highest BCUT2D eigenvalue weighted by atomic mass is 19.4. The van der Waals surface area contributed by atoms with Crippen LogP contribution in [0.2, 0.25) is 0 Å². The van der Waals surface area contributed by atoms with E-state index in [4.69, 9.17) is 0 Å². The molecule has 1 aromatic heterocycles. The number of nitrogens with one attached hydrogen (secondary N) is 2. The number of benzene rings is 3. The fraction of sp³-hybridized carbons (Fsp3) is 0.382. The van der Waals surface area contributed by atoms with Gasteiger partial charge in [0.15, 0.2) is 5.60 Å². The van der Waals surface area contributed by atoms with Crippen LogP contribution >= 0.6 is 0 Å². The molecular formula is C34H37F4N5O4. The average molecular weight is 656 g/mol. The molecule has 0 radical (unpaired) electrons. The summed E-state index contributed by atoms with van der Waals surface area (Å²) >= 11 is 0. The lowest BCUT2D eigenvalue weighted by molar-refractivity contribution is -0.260. The maximum atomic E-state index is 14.5. The molecule has 2 atom stereocenters. The van der Waals surface area contributed by atoms with Crippen LogP contribution in [0.3, 0.4) is 0 Å². The van der Waals surface area contributed by atoms with E-state index in [9.17, 15) is 37.4 Å². The van der Waals surface area contributed by atoms with Gasteiger partial charge in [0, 0.05) is 35.8 Å². The number of amides is 2. The number of likely N-dealkylation sites (N-methyl/N-ethyl adjacent to an activating group) is 1. The van der Waals surface area contributed by atoms with Crippen molar-refractivity contribution >= 4 is 28.4 Å². The van der Waals surface area contributed by atoms with Gasteiger partial charge >= 0.3 is 6.18 Å². The number of rotatable bonds is 9. The van der Waals surface area contributed by atoms with Crippen LogP contribution in [0.5, 0.6) is 5.75 Å². The number of halogens is 4. The number of aryl methyl sites for hydroxylation is 1. The Morgan fingerprint density at radius 1 is 1.09 bits per heavy atom. The van der Waals surface area contributed by atoms with Crippen LogP contribution in [-0.4, -0.2) is 74.7 Å². The molecule has 5 rings (SSSR count). The van der Waals surface area contributed by atoms with Crippen LogP contribution in [-0.2, 0) is 10.2 Å². The first-order chi connectivity index (χ1) is 22.0. The van der Waals surface area contributed by atoms with E-state index in [1.54, 1.807) is 52.9 Å². The largest absolute Gasteiger partial charge is 0.508 e. The zero-order valence-electron chi connectivity index (χ0n) is 26.5. The monoisotopic (exact) mass is 655 g/mol. The van der Waals surface area contributed by atoms with E-state index in [1.165, 1.54) is 27.1 Å². The van der Waals surface area contributed by atoms with Gasteiger partial charge in [-0.3, -0.25) is 9.59 Å². The molecule has 4 aromatic rings. The quantitative estimate of drug-likeness (QED) is 0.174. The van der Waals surface area contributed by atoms with Crippen LogP contribution < -0.4 is 10.6 Å². The van der Waals surface area contributed by atoms with E-state index in [0.29, 0.717) is 47.1 Å². The molecule has 1 fully saturated rings. The Hall–Kier alpha value is -4.65. The third-order valence-corrected chi connectivity index (χ3v) is 8.75. The number of likely N-dealkylation sites (tertiary alicyclic amines) is 1. The van der Waals surface area contributed by atoms with Gasteiger partial charge in [-0.2, -0.15) is 18.3 Å². The number of fused-ring (bicyclic) bond motifs is 1. The van der Waals surface area contributed by atoms with E-state index >= 15 is 0 Å². The summed E-state index contributed by atoms with van der Waals surface area (Å²) in [6, 6.07) is 12.6. The van der Waals surface area contributed by atoms with Crippen molar-refractivity contribution in [3.05, 3.63) is 83.3 Å². The van der Waals surface area contributed by atoms with Crippen molar-refractivity contribution in [3.63, 3.8) is 0 Å². The van der Waals surface area contributed by atoms with Crippen molar-refractivity contribution in [1.82, 2.24) is 20.0 Å². The van der Waals surface area contributed by atoms with Gasteiger partial charge in [0.05, 0.1) is 23.9 Å². The van der Waals surface area contributed by atoms with Gasteiger partial charge in [0.25, 0.3) is 5.91 Å². The summed E-state index contributed by atoms with van der Waals surface area (Å²) in [5.74, 6) is -1.63. The third kappa shape index (κ3) is 6.62. The molecule has 0 saturated carbocycles. The topological polar surface area (TPSA) is 120 Å². The first-order valence-corrected chi connectivity index (χ1v) is 15.2. The number of aliphatic hydroxyl groups is 1. The zero-order chi connectivity index (χ0) is 34.3. The van der Waals surface area contributed by atoms with Gasteiger partial charge in [-0.1, -0.05) is 19.9 Å². The molecule has 47 heavy (non-hydrogen) atoms. The van der Waals surface area contributed by atoms with E-state index in [2.05, 4.69) is 15.7 Å². The second-order valence-corrected chi connectivity index (χ2v) is 12.7. The highest BCUT2D eigenvalue weighted by Crippen LogP contribution is 2.44. The van der Waals surface area contributed by atoms with Crippen molar-refractivity contribution in [2.45, 2.75) is 63.3 Å². The first kappa shape index (κ1) is 33.7. The number of anilines is 1. The van der Waals surface area contributed by atoms with Crippen LogP contribution in [0.4, 0.5) is 23.2 Å². The Labute approximate surface area is 269 Å². The van der Waals surface area contributed by atoms with Gasteiger partial charge in [-0.05, 0) is 85.7 Å². The van der Waals surface area contributed by atoms with Crippen LogP contribution in [0.1, 0.15) is 54.6 Å². The standard InChI is InChI=1S/C34H37F4N5O4/c1-20-13-26(40-19-33(47,34(36,37)38)18-32(2,3)25-16-22(35)10-11-29(25)44)24-17-41-43(28(24)14-20)23-8-5-7-21(15-23)31(46)42-12-6-9-27(42)30(45)39-4/h5,7-8,10-11,13-17,27,40,44,47H,6,9,12,18-19H2,1-4H3,(H,39,45)/t27-,33?/m1/s1. The number of nitrogens with zero attached hydrogens (tertiary/aromatic N) is 3. The van der Waals surface area contributed by atoms with Gasteiger partial charge in [0.2, 0.25) is 5.91 Å². The van der Waals surface area contributed by atoms with Gasteiger partial charge < -0.3 is 25.7 Å². The van der Waals surface area contributed by atoms with Gasteiger partial charge in [-0.25, -0.2) is 9.07 Å². The Kier molecular flexibility index (Phi) is 8.97. The molecule has 13 heteroatoms. The van der Waals surface area contributed by atoms with Gasteiger partial charge in [-0.15, -0.1) is 0 Å². The minimum absolute atomic E-state index is 0.0611. The number of carbonyl (C=O) groups is 2. The van der Waals surface area contributed by atoms with Crippen molar-refractivity contribution in [1.29, 1.82) is 0 Å². The summed E-state index contributed by atoms with van der Waals surface area (Å²) in [6.07, 6.45) is -3.20. The molecule has 9 nitrogen and oxygen atoms in total. The lowest BCUT2D eigenvalue weighted by Gasteiger charge is -2.38. The molecule has 1 aliphatic rings. The average Bonchev–Trinajstić information content (AvgIpc) is 3.67.